The zero-order chi connectivity index (χ0) is 14.5. The molecule has 2 rings (SSSR count). The quantitative estimate of drug-likeness (QED) is 0.772. The van der Waals surface area contributed by atoms with Gasteiger partial charge in [0, 0.05) is 18.4 Å². The Labute approximate surface area is 117 Å². The minimum Gasteiger partial charge on any atom is -0.493 e. The lowest BCUT2D eigenvalue weighted by Crippen LogP contribution is -2.11. The van der Waals surface area contributed by atoms with E-state index < -0.39 is 0 Å². The Morgan fingerprint density at radius 3 is 2.85 bits per heavy atom. The zero-order valence-electron chi connectivity index (χ0n) is 11.7. The van der Waals surface area contributed by atoms with Crippen LogP contribution < -0.4 is 4.74 Å². The van der Waals surface area contributed by atoms with Crippen LogP contribution in [-0.2, 0) is 25.7 Å². The van der Waals surface area contributed by atoms with Crippen LogP contribution in [0.5, 0.6) is 5.75 Å². The second kappa shape index (κ2) is 6.41. The number of hydrogen-bond donors (Lipinski definition) is 0. The van der Waals surface area contributed by atoms with Crippen LogP contribution >= 0.6 is 0 Å². The maximum Gasteiger partial charge on any atom is 0.306 e. The van der Waals surface area contributed by atoms with E-state index in [1.54, 1.807) is 6.92 Å². The molecule has 0 saturated heterocycles. The molecule has 0 amide bonds. The van der Waals surface area contributed by atoms with Crippen molar-refractivity contribution in [2.75, 3.05) is 13.2 Å². The predicted molar refractivity (Wildman–Crippen MR) is 71.4 cm³/mol. The summed E-state index contributed by atoms with van der Waals surface area (Å²) >= 11 is 0. The lowest BCUT2D eigenvalue weighted by Gasteiger charge is -2.08. The Balaban J connectivity index is 2.02. The van der Waals surface area contributed by atoms with Crippen molar-refractivity contribution in [3.8, 4) is 5.75 Å². The molecule has 1 unspecified atom stereocenters. The fourth-order valence-electron chi connectivity index (χ4n) is 2.19. The molecule has 20 heavy (non-hydrogen) atoms. The molecule has 0 fully saturated rings. The summed E-state index contributed by atoms with van der Waals surface area (Å²) in [6.07, 6.45) is 0.324. The van der Waals surface area contributed by atoms with Gasteiger partial charge in [-0.05, 0) is 18.6 Å². The fourth-order valence-corrected chi connectivity index (χ4v) is 2.19. The summed E-state index contributed by atoms with van der Waals surface area (Å²) in [5.41, 5.74) is 1.88. The Morgan fingerprint density at radius 1 is 1.35 bits per heavy atom. The van der Waals surface area contributed by atoms with Gasteiger partial charge < -0.3 is 14.2 Å². The average molecular weight is 278 g/mol. The van der Waals surface area contributed by atoms with Crippen LogP contribution in [0.4, 0.5) is 0 Å². The van der Waals surface area contributed by atoms with Gasteiger partial charge in [0.05, 0.1) is 19.6 Å². The molecule has 1 aliphatic rings. The highest BCUT2D eigenvalue weighted by atomic mass is 16.5. The highest BCUT2D eigenvalue weighted by Crippen LogP contribution is 2.36. The van der Waals surface area contributed by atoms with E-state index in [1.165, 1.54) is 6.92 Å². The van der Waals surface area contributed by atoms with Crippen LogP contribution in [0.2, 0.25) is 0 Å². The number of carbonyl (C=O) groups is 2. The molecule has 0 aliphatic carbocycles. The molecule has 5 nitrogen and oxygen atoms in total. The number of ether oxygens (including phenoxy) is 3. The first-order valence-corrected chi connectivity index (χ1v) is 6.64. The summed E-state index contributed by atoms with van der Waals surface area (Å²) in [7, 11) is 0. The van der Waals surface area contributed by atoms with Crippen molar-refractivity contribution in [3.05, 3.63) is 29.3 Å². The van der Waals surface area contributed by atoms with Gasteiger partial charge in [-0.25, -0.2) is 0 Å². The maximum atomic E-state index is 11.5. The second-order valence-electron chi connectivity index (χ2n) is 4.67. The number of benzene rings is 1. The van der Waals surface area contributed by atoms with Gasteiger partial charge >= 0.3 is 11.9 Å². The molecule has 0 radical (unpaired) electrons. The zero-order valence-corrected chi connectivity index (χ0v) is 11.7. The number of carbonyl (C=O) groups excluding carboxylic acids is 2. The highest BCUT2D eigenvalue weighted by Gasteiger charge is 2.27. The van der Waals surface area contributed by atoms with E-state index in [2.05, 4.69) is 0 Å². The topological polar surface area (TPSA) is 61.8 Å². The minimum absolute atomic E-state index is 0.0341. The molecular formula is C15H18O5. The van der Waals surface area contributed by atoms with Gasteiger partial charge in [-0.1, -0.05) is 12.1 Å². The summed E-state index contributed by atoms with van der Waals surface area (Å²) in [6, 6.07) is 5.66. The molecule has 5 heteroatoms. The highest BCUT2D eigenvalue weighted by molar-refractivity contribution is 5.71. The first kappa shape index (κ1) is 14.4. The van der Waals surface area contributed by atoms with Crippen molar-refractivity contribution in [1.82, 2.24) is 0 Å². The SMILES string of the molecule is CCOC(=O)CC1COc2cc(COC(C)=O)ccc21. The van der Waals surface area contributed by atoms with Crippen molar-refractivity contribution < 1.29 is 23.8 Å². The number of fused-ring (bicyclic) bond motifs is 1. The van der Waals surface area contributed by atoms with Crippen LogP contribution in [0.3, 0.4) is 0 Å². The van der Waals surface area contributed by atoms with Crippen molar-refractivity contribution in [2.24, 2.45) is 0 Å². The molecule has 0 aromatic heterocycles. The lowest BCUT2D eigenvalue weighted by atomic mass is 9.97. The first-order chi connectivity index (χ1) is 9.60. The molecule has 0 N–H and O–H groups in total. The smallest absolute Gasteiger partial charge is 0.306 e. The van der Waals surface area contributed by atoms with Crippen molar-refractivity contribution in [1.29, 1.82) is 0 Å². The lowest BCUT2D eigenvalue weighted by molar-refractivity contribution is -0.144. The third kappa shape index (κ3) is 3.50. The molecule has 1 atom stereocenters. The van der Waals surface area contributed by atoms with Crippen LogP contribution in [0.25, 0.3) is 0 Å². The Bertz CT molecular complexity index is 509. The molecule has 1 aromatic rings. The molecule has 108 valence electrons. The molecule has 0 bridgehead atoms. The maximum absolute atomic E-state index is 11.5. The number of rotatable bonds is 5. The molecule has 1 aliphatic heterocycles. The molecule has 0 saturated carbocycles. The Kier molecular flexibility index (Phi) is 4.61. The summed E-state index contributed by atoms with van der Waals surface area (Å²) in [5.74, 6) is 0.264. The predicted octanol–water partition coefficient (Wildman–Crippen LogP) is 2.18. The summed E-state index contributed by atoms with van der Waals surface area (Å²) in [5, 5.41) is 0. The van der Waals surface area contributed by atoms with Crippen LogP contribution in [0.15, 0.2) is 18.2 Å². The summed E-state index contributed by atoms with van der Waals surface area (Å²) in [4.78, 5) is 22.3. The summed E-state index contributed by atoms with van der Waals surface area (Å²) < 4.78 is 15.5. The molecule has 0 spiro atoms. The monoisotopic (exact) mass is 278 g/mol. The van der Waals surface area contributed by atoms with E-state index in [0.29, 0.717) is 19.6 Å². The fraction of sp³-hybridized carbons (Fsp3) is 0.467. The third-order valence-corrected chi connectivity index (χ3v) is 3.12. The van der Waals surface area contributed by atoms with Gasteiger partial charge in [0.2, 0.25) is 0 Å². The van der Waals surface area contributed by atoms with E-state index in [4.69, 9.17) is 14.2 Å². The Morgan fingerprint density at radius 2 is 2.15 bits per heavy atom. The van der Waals surface area contributed by atoms with Gasteiger partial charge in [-0.2, -0.15) is 0 Å². The van der Waals surface area contributed by atoms with Crippen molar-refractivity contribution >= 4 is 11.9 Å². The second-order valence-corrected chi connectivity index (χ2v) is 4.67. The number of esters is 2. The van der Waals surface area contributed by atoms with E-state index in [9.17, 15) is 9.59 Å². The normalized spacial score (nSPS) is 16.2. The molecule has 1 aromatic carbocycles. The van der Waals surface area contributed by atoms with Gasteiger partial charge in [-0.15, -0.1) is 0 Å². The van der Waals surface area contributed by atoms with E-state index in [0.717, 1.165) is 16.9 Å². The van der Waals surface area contributed by atoms with E-state index in [1.807, 2.05) is 18.2 Å². The van der Waals surface area contributed by atoms with Crippen LogP contribution in [0, 0.1) is 0 Å². The van der Waals surface area contributed by atoms with Crippen LogP contribution in [0.1, 0.15) is 37.3 Å². The van der Waals surface area contributed by atoms with Gasteiger partial charge in [0.1, 0.15) is 12.4 Å². The standard InChI is InChI=1S/C15H18O5/c1-3-18-15(17)7-12-9-20-14-6-11(4-5-13(12)14)8-19-10(2)16/h4-6,12H,3,7-9H2,1-2H3. The van der Waals surface area contributed by atoms with Gasteiger partial charge in [0.15, 0.2) is 0 Å². The van der Waals surface area contributed by atoms with Crippen molar-refractivity contribution in [3.63, 3.8) is 0 Å². The summed E-state index contributed by atoms with van der Waals surface area (Å²) in [6.45, 7) is 4.26. The van der Waals surface area contributed by atoms with Crippen molar-refractivity contribution in [2.45, 2.75) is 32.8 Å². The first-order valence-electron chi connectivity index (χ1n) is 6.64. The third-order valence-electron chi connectivity index (χ3n) is 3.12. The van der Waals surface area contributed by atoms with Gasteiger partial charge in [-0.3, -0.25) is 9.59 Å². The molecule has 1 heterocycles. The largest absolute Gasteiger partial charge is 0.493 e. The van der Waals surface area contributed by atoms with E-state index >= 15 is 0 Å². The average Bonchev–Trinajstić information content (AvgIpc) is 2.79. The van der Waals surface area contributed by atoms with Gasteiger partial charge in [0.25, 0.3) is 0 Å². The molecular weight excluding hydrogens is 260 g/mol. The van der Waals surface area contributed by atoms with E-state index in [-0.39, 0.29) is 24.5 Å². The Hall–Kier alpha value is -2.04. The number of hydrogen-bond acceptors (Lipinski definition) is 5. The van der Waals surface area contributed by atoms with Crippen LogP contribution in [-0.4, -0.2) is 25.2 Å². The minimum atomic E-state index is -0.313.